The van der Waals surface area contributed by atoms with Crippen LogP contribution < -0.4 is 16.1 Å². The van der Waals surface area contributed by atoms with E-state index in [1.807, 2.05) is 37.3 Å². The fraction of sp³-hybridized carbons (Fsp3) is 0.590. The lowest BCUT2D eigenvalue weighted by Crippen LogP contribution is -2.60. The molecule has 3 aliphatic rings. The number of hydrogen-bond acceptors (Lipinski definition) is 12. The van der Waals surface area contributed by atoms with Gasteiger partial charge in [0.2, 0.25) is 3.79 Å². The zero-order valence-electron chi connectivity index (χ0n) is 32.6. The third-order valence-electron chi connectivity index (χ3n) is 9.72. The fourth-order valence-electron chi connectivity index (χ4n) is 6.44. The summed E-state index contributed by atoms with van der Waals surface area (Å²) in [6.45, 7) is 8.41. The topological polar surface area (TPSA) is 184 Å². The van der Waals surface area contributed by atoms with Gasteiger partial charge in [0, 0.05) is 17.8 Å². The number of nitrogens with zero attached hydrogens (tertiary/aromatic N) is 2. The third-order valence-corrected chi connectivity index (χ3v) is 10.0. The van der Waals surface area contributed by atoms with Gasteiger partial charge < -0.3 is 34.3 Å². The van der Waals surface area contributed by atoms with Crippen molar-refractivity contribution in [3.8, 4) is 0 Å². The monoisotopic (exact) mass is 853 g/mol. The zero-order chi connectivity index (χ0) is 41.5. The van der Waals surface area contributed by atoms with Gasteiger partial charge in [-0.15, -0.1) is 0 Å². The Kier molecular flexibility index (Phi) is 14.7. The maximum absolute atomic E-state index is 14.1. The number of alkyl halides is 3. The predicted molar refractivity (Wildman–Crippen MR) is 212 cm³/mol. The summed E-state index contributed by atoms with van der Waals surface area (Å²) >= 11 is 17.1. The van der Waals surface area contributed by atoms with Crippen molar-refractivity contribution < 1.29 is 47.7 Å². The van der Waals surface area contributed by atoms with Gasteiger partial charge in [-0.25, -0.2) is 10.2 Å². The van der Waals surface area contributed by atoms with Gasteiger partial charge in [0.15, 0.2) is 6.10 Å². The molecule has 2 saturated heterocycles. The van der Waals surface area contributed by atoms with E-state index < -0.39 is 75.5 Å². The predicted octanol–water partition coefficient (Wildman–Crippen LogP) is 5.45. The molecule has 0 bridgehead atoms. The van der Waals surface area contributed by atoms with E-state index >= 15 is 0 Å². The number of amides is 3. The van der Waals surface area contributed by atoms with Gasteiger partial charge in [-0.05, 0) is 78.0 Å². The minimum absolute atomic E-state index is 0.0107. The number of carbonyl (C=O) groups is 5. The van der Waals surface area contributed by atoms with Gasteiger partial charge in [0.05, 0.1) is 30.5 Å². The second kappa shape index (κ2) is 18.9. The maximum atomic E-state index is 14.1. The second-order valence-electron chi connectivity index (χ2n) is 15.6. The fourth-order valence-corrected chi connectivity index (χ4v) is 6.60. The first-order valence-corrected chi connectivity index (χ1v) is 20.0. The van der Waals surface area contributed by atoms with E-state index in [1.54, 1.807) is 32.9 Å². The lowest BCUT2D eigenvalue weighted by atomic mass is 9.80. The highest BCUT2D eigenvalue weighted by Gasteiger charge is 2.45. The van der Waals surface area contributed by atoms with Crippen molar-refractivity contribution in [2.24, 2.45) is 11.3 Å². The Morgan fingerprint density at radius 2 is 1.72 bits per heavy atom. The molecule has 1 aromatic carbocycles. The zero-order valence-corrected chi connectivity index (χ0v) is 34.9. The standard InChI is InChI=1S/C39H50Cl3N5O10/c1-23(44-36(52)57-37(3,4)5)28-14-13-26-12-11-25(18-30(26)45-28)15-16-38(19-53-22-54-20-38)35(51)56-31(27-8-6-9-27)32(48)43-24(2)33(49)47-17-7-10-29(46-47)34(50)55-21-39(40,41)42/h11-16,18,23-24,27,29,31,46H,6-10,17,19-22H2,1-5H3,(H,43,48)(H,44,52)/b16-15+/t23-,24+,29+,31?/m1/s1. The summed E-state index contributed by atoms with van der Waals surface area (Å²) in [6, 6.07) is 7.06. The number of aromatic nitrogens is 1. The molecule has 0 radical (unpaired) electrons. The quantitative estimate of drug-likeness (QED) is 0.140. The molecule has 1 saturated carbocycles. The van der Waals surface area contributed by atoms with E-state index in [0.717, 1.165) is 17.4 Å². The molecule has 2 aromatic rings. The number of nitrogens with one attached hydrogen (secondary N) is 3. The molecule has 3 fully saturated rings. The Balaban J connectivity index is 1.25. The summed E-state index contributed by atoms with van der Waals surface area (Å²) < 4.78 is 25.8. The first-order chi connectivity index (χ1) is 26.8. The molecule has 5 rings (SSSR count). The lowest BCUT2D eigenvalue weighted by Gasteiger charge is -2.37. The van der Waals surface area contributed by atoms with Crippen LogP contribution in [-0.4, -0.2) is 101 Å². The Labute approximate surface area is 346 Å². The molecular formula is C39H50Cl3N5O10. The molecule has 1 unspecified atom stereocenters. The van der Waals surface area contributed by atoms with Crippen LogP contribution in [0.4, 0.5) is 4.79 Å². The summed E-state index contributed by atoms with van der Waals surface area (Å²) in [7, 11) is 0. The van der Waals surface area contributed by atoms with Gasteiger partial charge in [-0.2, -0.15) is 0 Å². The van der Waals surface area contributed by atoms with Crippen LogP contribution in [-0.2, 0) is 42.9 Å². The van der Waals surface area contributed by atoms with Crippen LogP contribution in [0.25, 0.3) is 17.0 Å². The number of rotatable bonds is 12. The Bertz CT molecular complexity index is 1820. The number of benzene rings is 1. The van der Waals surface area contributed by atoms with Gasteiger partial charge in [-0.1, -0.05) is 71.6 Å². The van der Waals surface area contributed by atoms with Crippen LogP contribution in [0, 0.1) is 11.3 Å². The molecule has 2 aliphatic heterocycles. The molecule has 18 heteroatoms. The van der Waals surface area contributed by atoms with Crippen molar-refractivity contribution in [1.29, 1.82) is 0 Å². The molecule has 0 spiro atoms. The normalized spacial score (nSPS) is 20.5. The van der Waals surface area contributed by atoms with E-state index in [1.165, 1.54) is 11.9 Å². The molecule has 312 valence electrons. The number of alkyl carbamates (subject to hydrolysis) is 1. The molecule has 3 heterocycles. The molecule has 57 heavy (non-hydrogen) atoms. The highest BCUT2D eigenvalue weighted by atomic mass is 35.6. The maximum Gasteiger partial charge on any atom is 0.408 e. The van der Waals surface area contributed by atoms with Crippen LogP contribution in [0.15, 0.2) is 36.4 Å². The Hall–Kier alpha value is -3.73. The molecule has 1 aromatic heterocycles. The van der Waals surface area contributed by atoms with Crippen LogP contribution in [0.3, 0.4) is 0 Å². The second-order valence-corrected chi connectivity index (χ2v) is 18.2. The van der Waals surface area contributed by atoms with Gasteiger partial charge >= 0.3 is 18.0 Å². The van der Waals surface area contributed by atoms with E-state index in [4.69, 9.17) is 63.5 Å². The van der Waals surface area contributed by atoms with Crippen LogP contribution >= 0.6 is 34.8 Å². The van der Waals surface area contributed by atoms with E-state index in [2.05, 4.69) is 16.1 Å². The van der Waals surface area contributed by atoms with Gasteiger partial charge in [-0.3, -0.25) is 29.2 Å². The highest BCUT2D eigenvalue weighted by Crippen LogP contribution is 2.35. The Morgan fingerprint density at radius 1 is 1.02 bits per heavy atom. The largest absolute Gasteiger partial charge is 0.460 e. The SMILES string of the molecule is C[C@H](NC(=O)C(OC(=O)C1(/C=C/c2ccc3ccc([C@@H](C)NC(=O)OC(C)(C)C)nc3c2)COCOC1)C1CCC1)C(=O)N1CCC[C@@H](C(=O)OCC(Cl)(Cl)Cl)N1. The highest BCUT2D eigenvalue weighted by molar-refractivity contribution is 6.67. The summed E-state index contributed by atoms with van der Waals surface area (Å²) in [5.41, 5.74) is 2.85. The van der Waals surface area contributed by atoms with E-state index in [-0.39, 0.29) is 32.5 Å². The van der Waals surface area contributed by atoms with Crippen molar-refractivity contribution in [3.63, 3.8) is 0 Å². The van der Waals surface area contributed by atoms with Gasteiger partial charge in [0.25, 0.3) is 11.8 Å². The number of hydrogen-bond donors (Lipinski definition) is 3. The Morgan fingerprint density at radius 3 is 2.37 bits per heavy atom. The first kappa shape index (κ1) is 44.4. The van der Waals surface area contributed by atoms with Crippen molar-refractivity contribution in [2.45, 2.75) is 100 Å². The summed E-state index contributed by atoms with van der Waals surface area (Å²) in [5.74, 6) is -2.76. The minimum Gasteiger partial charge on any atom is -0.460 e. The molecular weight excluding hydrogens is 805 g/mol. The van der Waals surface area contributed by atoms with Crippen molar-refractivity contribution in [2.75, 3.05) is 33.2 Å². The van der Waals surface area contributed by atoms with Gasteiger partial charge in [0.1, 0.15) is 36.5 Å². The number of carbonyl (C=O) groups excluding carboxylic acids is 5. The van der Waals surface area contributed by atoms with Crippen LogP contribution in [0.2, 0.25) is 0 Å². The number of ether oxygens (including phenoxy) is 5. The number of halogens is 3. The summed E-state index contributed by atoms with van der Waals surface area (Å²) in [5, 5.41) is 7.64. The number of esters is 2. The molecule has 1 aliphatic carbocycles. The number of pyridine rings is 1. The van der Waals surface area contributed by atoms with E-state index in [0.29, 0.717) is 36.9 Å². The smallest absolute Gasteiger partial charge is 0.408 e. The molecule has 4 atom stereocenters. The average Bonchev–Trinajstić information content (AvgIpc) is 3.13. The lowest BCUT2D eigenvalue weighted by molar-refractivity contribution is -0.194. The van der Waals surface area contributed by atoms with Crippen molar-refractivity contribution >= 4 is 81.6 Å². The van der Waals surface area contributed by atoms with Crippen LogP contribution in [0.5, 0.6) is 0 Å². The minimum atomic E-state index is -1.78. The summed E-state index contributed by atoms with van der Waals surface area (Å²) in [6.07, 6.45) is 4.74. The van der Waals surface area contributed by atoms with Crippen molar-refractivity contribution in [3.05, 3.63) is 47.7 Å². The van der Waals surface area contributed by atoms with Crippen LogP contribution in [0.1, 0.15) is 84.0 Å². The number of hydrazine groups is 1. The van der Waals surface area contributed by atoms with Crippen molar-refractivity contribution in [1.82, 2.24) is 26.1 Å². The molecule has 3 amide bonds. The first-order valence-electron chi connectivity index (χ1n) is 18.9. The third kappa shape index (κ3) is 12.4. The number of fused-ring (bicyclic) bond motifs is 1. The summed E-state index contributed by atoms with van der Waals surface area (Å²) in [4.78, 5) is 70.9. The molecule has 3 N–H and O–H groups in total. The molecule has 15 nitrogen and oxygen atoms in total. The van der Waals surface area contributed by atoms with E-state index in [9.17, 15) is 24.0 Å². The average molecular weight is 855 g/mol.